The number of hydrogen-bond acceptors (Lipinski definition) is 3. The van der Waals surface area contributed by atoms with E-state index in [1.165, 1.54) is 31.3 Å². The summed E-state index contributed by atoms with van der Waals surface area (Å²) < 4.78 is 81.0. The van der Waals surface area contributed by atoms with Crippen LogP contribution in [-0.2, 0) is 17.4 Å². The number of ether oxygens (including phenoxy) is 1. The molecule has 0 saturated heterocycles. The van der Waals surface area contributed by atoms with E-state index in [-0.39, 0.29) is 12.3 Å². The van der Waals surface area contributed by atoms with Crippen molar-refractivity contribution in [1.82, 2.24) is 10.6 Å². The second-order valence-corrected chi connectivity index (χ2v) is 8.03. The molecule has 0 aliphatic carbocycles. The van der Waals surface area contributed by atoms with Crippen molar-refractivity contribution in [2.75, 3.05) is 7.05 Å². The maximum atomic E-state index is 12.9. The highest BCUT2D eigenvalue weighted by Gasteiger charge is 2.32. The molecular weight excluding hydrogens is 486 g/mol. The van der Waals surface area contributed by atoms with Gasteiger partial charge in [-0.1, -0.05) is 54.6 Å². The lowest BCUT2D eigenvalue weighted by atomic mass is 9.96. The van der Waals surface area contributed by atoms with E-state index in [4.69, 9.17) is 0 Å². The van der Waals surface area contributed by atoms with Crippen LogP contribution in [0, 0.1) is 0 Å². The molecule has 3 aromatic rings. The maximum Gasteiger partial charge on any atom is 0.573 e. The van der Waals surface area contributed by atoms with Crippen LogP contribution in [0.2, 0.25) is 0 Å². The quantitative estimate of drug-likeness (QED) is 0.330. The normalized spacial score (nSPS) is 13.6. The highest BCUT2D eigenvalue weighted by molar-refractivity contribution is 5.83. The maximum absolute atomic E-state index is 12.9. The summed E-state index contributed by atoms with van der Waals surface area (Å²) in [5.74, 6) is -0.777. The van der Waals surface area contributed by atoms with Gasteiger partial charge in [-0.3, -0.25) is 10.1 Å². The Morgan fingerprint density at radius 2 is 1.50 bits per heavy atom. The summed E-state index contributed by atoms with van der Waals surface area (Å²) in [6.45, 7) is 0. The fourth-order valence-electron chi connectivity index (χ4n) is 3.76. The van der Waals surface area contributed by atoms with Crippen molar-refractivity contribution in [2.24, 2.45) is 0 Å². The SMILES string of the molecule is CNC(=O)[C@H](N[C@@H](CCc1ccc(C(F)(F)F)cc1)c1cccc(OC(F)(F)F)c1)c1ccccc1. The summed E-state index contributed by atoms with van der Waals surface area (Å²) in [4.78, 5) is 12.7. The predicted molar refractivity (Wildman–Crippen MR) is 122 cm³/mol. The summed E-state index contributed by atoms with van der Waals surface area (Å²) in [5.41, 5.74) is 0.892. The number of halogens is 6. The zero-order valence-electron chi connectivity index (χ0n) is 19.2. The van der Waals surface area contributed by atoms with Gasteiger partial charge in [0, 0.05) is 13.1 Å². The molecule has 3 aromatic carbocycles. The second kappa shape index (κ2) is 11.5. The first kappa shape index (κ1) is 27.1. The molecule has 2 N–H and O–H groups in total. The predicted octanol–water partition coefficient (Wildman–Crippen LogP) is 6.35. The van der Waals surface area contributed by atoms with Crippen LogP contribution in [0.25, 0.3) is 0 Å². The summed E-state index contributed by atoms with van der Waals surface area (Å²) in [5, 5.41) is 5.78. The Kier molecular flexibility index (Phi) is 8.62. The van der Waals surface area contributed by atoms with Gasteiger partial charge in [0.15, 0.2) is 0 Å². The lowest BCUT2D eigenvalue weighted by Gasteiger charge is -2.26. The highest BCUT2D eigenvalue weighted by atomic mass is 19.4. The Hall–Kier alpha value is -3.53. The molecule has 1 amide bonds. The van der Waals surface area contributed by atoms with Crippen LogP contribution in [0.3, 0.4) is 0 Å². The van der Waals surface area contributed by atoms with Crippen LogP contribution < -0.4 is 15.4 Å². The fraction of sp³-hybridized carbons (Fsp3) is 0.269. The number of amides is 1. The molecule has 0 aliphatic rings. The largest absolute Gasteiger partial charge is 0.573 e. The third kappa shape index (κ3) is 7.74. The molecule has 0 aliphatic heterocycles. The number of nitrogens with one attached hydrogen (secondary N) is 2. The molecule has 0 spiro atoms. The molecule has 0 saturated carbocycles. The fourth-order valence-corrected chi connectivity index (χ4v) is 3.76. The van der Waals surface area contributed by atoms with Crippen molar-refractivity contribution in [3.63, 3.8) is 0 Å². The molecule has 3 rings (SSSR count). The van der Waals surface area contributed by atoms with Gasteiger partial charge in [-0.2, -0.15) is 13.2 Å². The summed E-state index contributed by atoms with van der Waals surface area (Å²) >= 11 is 0. The first-order valence-corrected chi connectivity index (χ1v) is 11.0. The average molecular weight is 510 g/mol. The molecule has 0 fully saturated rings. The number of hydrogen-bond donors (Lipinski definition) is 2. The number of carbonyl (C=O) groups excluding carboxylic acids is 1. The van der Waals surface area contributed by atoms with Gasteiger partial charge in [0.1, 0.15) is 11.8 Å². The van der Waals surface area contributed by atoms with Gasteiger partial charge in [0.2, 0.25) is 5.91 Å². The van der Waals surface area contributed by atoms with Crippen LogP contribution in [0.1, 0.15) is 40.8 Å². The van der Waals surface area contributed by atoms with Crippen LogP contribution in [0.4, 0.5) is 26.3 Å². The minimum atomic E-state index is -4.88. The minimum absolute atomic E-state index is 0.279. The molecule has 0 unspecified atom stereocenters. The van der Waals surface area contributed by atoms with Gasteiger partial charge in [0.05, 0.1) is 5.56 Å². The number of benzene rings is 3. The average Bonchev–Trinajstić information content (AvgIpc) is 2.83. The van der Waals surface area contributed by atoms with E-state index in [9.17, 15) is 31.1 Å². The smallest absolute Gasteiger partial charge is 0.406 e. The Labute approximate surface area is 204 Å². The molecule has 2 atom stereocenters. The topological polar surface area (TPSA) is 50.4 Å². The van der Waals surface area contributed by atoms with Gasteiger partial charge in [0.25, 0.3) is 0 Å². The molecule has 0 heterocycles. The molecule has 0 radical (unpaired) electrons. The van der Waals surface area contributed by atoms with Gasteiger partial charge < -0.3 is 10.1 Å². The van der Waals surface area contributed by atoms with Crippen molar-refractivity contribution >= 4 is 5.91 Å². The molecular formula is C26H24F6N2O2. The van der Waals surface area contributed by atoms with E-state index >= 15 is 0 Å². The van der Waals surface area contributed by atoms with Crippen molar-refractivity contribution in [1.29, 1.82) is 0 Å². The third-order valence-corrected chi connectivity index (χ3v) is 5.51. The summed E-state index contributed by atoms with van der Waals surface area (Å²) in [6, 6.07) is 17.4. The summed E-state index contributed by atoms with van der Waals surface area (Å²) in [7, 11) is 1.47. The van der Waals surface area contributed by atoms with Crippen molar-refractivity contribution in [3.8, 4) is 5.75 Å². The lowest BCUT2D eigenvalue weighted by Crippen LogP contribution is -2.38. The zero-order chi connectivity index (χ0) is 26.3. The molecule has 10 heteroatoms. The first-order valence-electron chi connectivity index (χ1n) is 11.0. The first-order chi connectivity index (χ1) is 17.0. The number of likely N-dealkylation sites (N-methyl/N-ethyl adjacent to an activating group) is 1. The standard InChI is InChI=1S/C26H24F6N2O2/c1-33-24(35)23(18-6-3-2-4-7-18)34-22(19-8-5-9-21(16-19)36-26(30,31)32)15-12-17-10-13-20(14-11-17)25(27,28)29/h2-11,13-14,16,22-23,34H,12,15H2,1H3,(H,33,35)/t22-,23+/m0/s1. The number of carbonyl (C=O) groups is 1. The van der Waals surface area contributed by atoms with E-state index < -0.39 is 35.9 Å². The highest BCUT2D eigenvalue weighted by Crippen LogP contribution is 2.31. The van der Waals surface area contributed by atoms with Gasteiger partial charge in [-0.05, 0) is 53.8 Å². The third-order valence-electron chi connectivity index (χ3n) is 5.51. The Morgan fingerprint density at radius 1 is 0.861 bits per heavy atom. The van der Waals surface area contributed by atoms with E-state index in [2.05, 4.69) is 15.4 Å². The monoisotopic (exact) mass is 510 g/mol. The molecule has 36 heavy (non-hydrogen) atoms. The van der Waals surface area contributed by atoms with Gasteiger partial charge >= 0.3 is 12.5 Å². The van der Waals surface area contributed by atoms with E-state index in [1.54, 1.807) is 36.4 Å². The van der Waals surface area contributed by atoms with E-state index in [0.29, 0.717) is 23.1 Å². The van der Waals surface area contributed by atoms with E-state index in [1.807, 2.05) is 0 Å². The van der Waals surface area contributed by atoms with Crippen molar-refractivity contribution in [2.45, 2.75) is 37.5 Å². The molecule has 0 bridgehead atoms. The van der Waals surface area contributed by atoms with Crippen LogP contribution >= 0.6 is 0 Å². The molecule has 192 valence electrons. The number of aryl methyl sites for hydroxylation is 1. The Balaban J connectivity index is 1.90. The lowest BCUT2D eigenvalue weighted by molar-refractivity contribution is -0.274. The van der Waals surface area contributed by atoms with Crippen LogP contribution in [0.15, 0.2) is 78.9 Å². The van der Waals surface area contributed by atoms with Gasteiger partial charge in [-0.25, -0.2) is 0 Å². The number of alkyl halides is 6. The summed E-state index contributed by atoms with van der Waals surface area (Å²) in [6.07, 6.45) is -8.76. The van der Waals surface area contributed by atoms with Crippen molar-refractivity contribution in [3.05, 3.63) is 101 Å². The minimum Gasteiger partial charge on any atom is -0.406 e. The van der Waals surface area contributed by atoms with Crippen molar-refractivity contribution < 1.29 is 35.9 Å². The Morgan fingerprint density at radius 3 is 2.08 bits per heavy atom. The Bertz CT molecular complexity index is 1130. The molecule has 0 aromatic heterocycles. The molecule has 4 nitrogen and oxygen atoms in total. The van der Waals surface area contributed by atoms with Gasteiger partial charge in [-0.15, -0.1) is 13.2 Å². The second-order valence-electron chi connectivity index (χ2n) is 8.03. The zero-order valence-corrected chi connectivity index (χ0v) is 19.2. The number of rotatable bonds is 9. The van der Waals surface area contributed by atoms with Crippen LogP contribution in [0.5, 0.6) is 5.75 Å². The van der Waals surface area contributed by atoms with E-state index in [0.717, 1.165) is 18.2 Å². The van der Waals surface area contributed by atoms with Crippen LogP contribution in [-0.4, -0.2) is 19.3 Å².